The summed E-state index contributed by atoms with van der Waals surface area (Å²) in [7, 11) is 1.50. The third kappa shape index (κ3) is 4.96. The van der Waals surface area contributed by atoms with Gasteiger partial charge in [-0.15, -0.1) is 0 Å². The van der Waals surface area contributed by atoms with Crippen LogP contribution in [0, 0.1) is 0 Å². The van der Waals surface area contributed by atoms with E-state index in [0.29, 0.717) is 28.6 Å². The fourth-order valence-electron chi connectivity index (χ4n) is 3.02. The summed E-state index contributed by atoms with van der Waals surface area (Å²) >= 11 is 0. The minimum absolute atomic E-state index is 0.183. The summed E-state index contributed by atoms with van der Waals surface area (Å²) in [5, 5.41) is 5.46. The molecule has 0 aliphatic heterocycles. The first-order chi connectivity index (χ1) is 15.6. The van der Waals surface area contributed by atoms with Gasteiger partial charge >= 0.3 is 0 Å². The van der Waals surface area contributed by atoms with Gasteiger partial charge in [0.25, 0.3) is 5.91 Å². The Morgan fingerprint density at radius 2 is 1.78 bits per heavy atom. The molecule has 0 aliphatic rings. The van der Waals surface area contributed by atoms with E-state index in [1.165, 1.54) is 19.4 Å². The number of hydrogen-bond acceptors (Lipinski definition) is 5. The zero-order valence-electron chi connectivity index (χ0n) is 17.2. The summed E-state index contributed by atoms with van der Waals surface area (Å²) in [6.07, 6.45) is 4.36. The summed E-state index contributed by atoms with van der Waals surface area (Å²) in [4.78, 5) is 24.6. The van der Waals surface area contributed by atoms with Gasteiger partial charge in [-0.05, 0) is 48.5 Å². The second-order valence-corrected chi connectivity index (χ2v) is 6.74. The van der Waals surface area contributed by atoms with Crippen molar-refractivity contribution in [1.29, 1.82) is 0 Å². The van der Waals surface area contributed by atoms with Crippen LogP contribution >= 0.6 is 0 Å². The third-order valence-corrected chi connectivity index (χ3v) is 4.54. The van der Waals surface area contributed by atoms with Gasteiger partial charge in [0.2, 0.25) is 5.91 Å². The maximum absolute atomic E-state index is 12.5. The highest BCUT2D eigenvalue weighted by Crippen LogP contribution is 2.28. The Morgan fingerprint density at radius 1 is 0.938 bits per heavy atom. The molecular formula is C25H20N2O5. The number of ether oxygens (including phenoxy) is 1. The topological polar surface area (TPSA) is 93.7 Å². The van der Waals surface area contributed by atoms with E-state index in [1.54, 1.807) is 42.5 Å². The van der Waals surface area contributed by atoms with E-state index in [0.717, 1.165) is 5.56 Å². The van der Waals surface area contributed by atoms with E-state index in [9.17, 15) is 9.59 Å². The highest BCUT2D eigenvalue weighted by atomic mass is 16.5. The first kappa shape index (κ1) is 20.7. The van der Waals surface area contributed by atoms with E-state index < -0.39 is 5.91 Å². The predicted octanol–water partition coefficient (Wildman–Crippen LogP) is 5.45. The third-order valence-electron chi connectivity index (χ3n) is 4.54. The van der Waals surface area contributed by atoms with E-state index in [1.807, 2.05) is 36.4 Å². The van der Waals surface area contributed by atoms with Crippen LogP contribution in [0.2, 0.25) is 0 Å². The zero-order chi connectivity index (χ0) is 22.3. The molecule has 0 atom stereocenters. The molecule has 7 nitrogen and oxygen atoms in total. The van der Waals surface area contributed by atoms with Gasteiger partial charge in [-0.25, -0.2) is 0 Å². The summed E-state index contributed by atoms with van der Waals surface area (Å²) in [6.45, 7) is 0. The van der Waals surface area contributed by atoms with E-state index in [4.69, 9.17) is 13.6 Å². The molecule has 0 saturated carbocycles. The standard InChI is InChI=1S/C25H20N2O5/c1-30-22-12-9-18(26-25(29)23-8-5-15-31-23)16-20(22)27-24(28)14-11-19-10-13-21(32-19)17-6-3-2-4-7-17/h2-16H,1H3,(H,26,29)(H,27,28)/b14-11+. The number of carbonyl (C=O) groups excluding carboxylic acids is 2. The first-order valence-corrected chi connectivity index (χ1v) is 9.79. The highest BCUT2D eigenvalue weighted by Gasteiger charge is 2.12. The molecule has 4 aromatic rings. The molecule has 2 heterocycles. The fraction of sp³-hybridized carbons (Fsp3) is 0.0400. The lowest BCUT2D eigenvalue weighted by Gasteiger charge is -2.11. The summed E-state index contributed by atoms with van der Waals surface area (Å²) < 4.78 is 16.2. The van der Waals surface area contributed by atoms with Crippen LogP contribution in [0.5, 0.6) is 5.75 Å². The molecule has 0 fully saturated rings. The van der Waals surface area contributed by atoms with Crippen molar-refractivity contribution in [2.24, 2.45) is 0 Å². The predicted molar refractivity (Wildman–Crippen MR) is 121 cm³/mol. The SMILES string of the molecule is COc1ccc(NC(=O)c2ccco2)cc1NC(=O)/C=C/c1ccc(-c2ccccc2)o1. The van der Waals surface area contributed by atoms with E-state index in [2.05, 4.69) is 10.6 Å². The smallest absolute Gasteiger partial charge is 0.291 e. The Labute approximate surface area is 184 Å². The molecule has 2 N–H and O–H groups in total. The summed E-state index contributed by atoms with van der Waals surface area (Å²) in [5.74, 6) is 1.12. The van der Waals surface area contributed by atoms with Crippen molar-refractivity contribution in [3.8, 4) is 17.1 Å². The molecule has 2 amide bonds. The monoisotopic (exact) mass is 428 g/mol. The van der Waals surface area contributed by atoms with Crippen molar-refractivity contribution in [1.82, 2.24) is 0 Å². The Balaban J connectivity index is 1.44. The molecule has 0 radical (unpaired) electrons. The number of benzene rings is 2. The molecule has 0 spiro atoms. The second-order valence-electron chi connectivity index (χ2n) is 6.74. The summed E-state index contributed by atoms with van der Waals surface area (Å²) in [6, 6.07) is 21.4. The molecule has 7 heteroatoms. The van der Waals surface area contributed by atoms with Crippen molar-refractivity contribution in [3.05, 3.63) is 96.7 Å². The average molecular weight is 428 g/mol. The van der Waals surface area contributed by atoms with Crippen LogP contribution in [-0.4, -0.2) is 18.9 Å². The molecular weight excluding hydrogens is 408 g/mol. The Hall–Kier alpha value is -4.52. The molecule has 2 aromatic carbocycles. The zero-order valence-corrected chi connectivity index (χ0v) is 17.2. The molecule has 0 unspecified atom stereocenters. The molecule has 0 aliphatic carbocycles. The van der Waals surface area contributed by atoms with Gasteiger partial charge in [0, 0.05) is 17.3 Å². The number of anilines is 2. The minimum Gasteiger partial charge on any atom is -0.495 e. The largest absolute Gasteiger partial charge is 0.495 e. The Morgan fingerprint density at radius 3 is 2.53 bits per heavy atom. The molecule has 160 valence electrons. The highest BCUT2D eigenvalue weighted by molar-refractivity contribution is 6.05. The quantitative estimate of drug-likeness (QED) is 0.382. The molecule has 2 aromatic heterocycles. The second kappa shape index (κ2) is 9.53. The minimum atomic E-state index is -0.399. The lowest BCUT2D eigenvalue weighted by Crippen LogP contribution is -2.12. The lowest BCUT2D eigenvalue weighted by atomic mass is 10.2. The van der Waals surface area contributed by atoms with Crippen LogP contribution in [0.25, 0.3) is 17.4 Å². The first-order valence-electron chi connectivity index (χ1n) is 9.79. The normalized spacial score (nSPS) is 10.8. The van der Waals surface area contributed by atoms with Crippen LogP contribution in [0.3, 0.4) is 0 Å². The van der Waals surface area contributed by atoms with Crippen LogP contribution < -0.4 is 15.4 Å². The van der Waals surface area contributed by atoms with Crippen LogP contribution in [0.4, 0.5) is 11.4 Å². The number of hydrogen-bond donors (Lipinski definition) is 2. The Bertz CT molecular complexity index is 1240. The molecule has 4 rings (SSSR count). The number of carbonyl (C=O) groups is 2. The van der Waals surface area contributed by atoms with E-state index >= 15 is 0 Å². The molecule has 0 saturated heterocycles. The average Bonchev–Trinajstić information content (AvgIpc) is 3.51. The van der Waals surface area contributed by atoms with Gasteiger partial charge in [-0.2, -0.15) is 0 Å². The fourth-order valence-corrected chi connectivity index (χ4v) is 3.02. The number of furan rings is 2. The van der Waals surface area contributed by atoms with Crippen LogP contribution in [0.15, 0.2) is 94.0 Å². The van der Waals surface area contributed by atoms with Gasteiger partial charge in [0.05, 0.1) is 19.1 Å². The number of rotatable bonds is 7. The van der Waals surface area contributed by atoms with Crippen molar-refractivity contribution >= 4 is 29.3 Å². The van der Waals surface area contributed by atoms with E-state index in [-0.39, 0.29) is 11.7 Å². The van der Waals surface area contributed by atoms with Crippen LogP contribution in [-0.2, 0) is 4.79 Å². The number of methoxy groups -OCH3 is 1. The maximum atomic E-state index is 12.5. The molecule has 32 heavy (non-hydrogen) atoms. The van der Waals surface area contributed by atoms with Gasteiger partial charge in [-0.3, -0.25) is 9.59 Å². The van der Waals surface area contributed by atoms with Crippen molar-refractivity contribution in [3.63, 3.8) is 0 Å². The van der Waals surface area contributed by atoms with Crippen molar-refractivity contribution < 1.29 is 23.2 Å². The summed E-state index contributed by atoms with van der Waals surface area (Å²) in [5.41, 5.74) is 1.84. The van der Waals surface area contributed by atoms with Gasteiger partial charge < -0.3 is 24.2 Å². The van der Waals surface area contributed by atoms with Crippen LogP contribution in [0.1, 0.15) is 16.3 Å². The molecule has 0 bridgehead atoms. The maximum Gasteiger partial charge on any atom is 0.291 e. The number of amides is 2. The van der Waals surface area contributed by atoms with Gasteiger partial charge in [0.1, 0.15) is 17.3 Å². The van der Waals surface area contributed by atoms with Crippen molar-refractivity contribution in [2.75, 3.05) is 17.7 Å². The lowest BCUT2D eigenvalue weighted by molar-refractivity contribution is -0.111. The van der Waals surface area contributed by atoms with Gasteiger partial charge in [-0.1, -0.05) is 30.3 Å². The Kier molecular flexibility index (Phi) is 6.17. The van der Waals surface area contributed by atoms with Crippen molar-refractivity contribution in [2.45, 2.75) is 0 Å². The number of nitrogens with one attached hydrogen (secondary N) is 2. The van der Waals surface area contributed by atoms with Gasteiger partial charge in [0.15, 0.2) is 5.76 Å².